The number of carboxylic acids is 1. The van der Waals surface area contributed by atoms with Crippen molar-refractivity contribution in [1.82, 2.24) is 0 Å². The van der Waals surface area contributed by atoms with Crippen molar-refractivity contribution in [2.45, 2.75) is 72.8 Å². The number of carboxylic acid groups (broad SMARTS) is 1. The molecule has 2 heterocycles. The predicted octanol–water partition coefficient (Wildman–Crippen LogP) is 7.29. The molecule has 226 valence electrons. The minimum atomic E-state index is -0.870. The van der Waals surface area contributed by atoms with Crippen LogP contribution in [0.15, 0.2) is 30.3 Å². The first-order valence-corrected chi connectivity index (χ1v) is 14.5. The summed E-state index contributed by atoms with van der Waals surface area (Å²) in [5.41, 5.74) is 8.71. The average Bonchev–Trinajstić information content (AvgIpc) is 3.27. The van der Waals surface area contributed by atoms with E-state index in [4.69, 9.17) is 21.4 Å². The number of nitrogens with zero attached hydrogens (tertiary/aromatic N) is 1. The van der Waals surface area contributed by atoms with Gasteiger partial charge in [0.15, 0.2) is 11.6 Å². The number of anilines is 1. The highest BCUT2D eigenvalue weighted by atomic mass is 35.5. The summed E-state index contributed by atoms with van der Waals surface area (Å²) in [7, 11) is 2.04. The lowest BCUT2D eigenvalue weighted by Gasteiger charge is -2.25. The number of aldehydes is 1. The Hall–Kier alpha value is -3.42. The molecule has 0 bridgehead atoms. The van der Waals surface area contributed by atoms with Crippen LogP contribution < -0.4 is 9.64 Å². The maximum atomic E-state index is 14.9. The van der Waals surface area contributed by atoms with Gasteiger partial charge in [-0.15, -0.1) is 0 Å². The van der Waals surface area contributed by atoms with E-state index in [-0.39, 0.29) is 12.2 Å². The van der Waals surface area contributed by atoms with E-state index in [2.05, 4.69) is 11.0 Å². The number of aliphatic carboxylic acids is 1. The minimum absolute atomic E-state index is 0.0627. The zero-order valence-electron chi connectivity index (χ0n) is 25.5. The van der Waals surface area contributed by atoms with Crippen molar-refractivity contribution in [3.63, 3.8) is 0 Å². The third kappa shape index (κ3) is 8.11. The number of rotatable bonds is 4. The summed E-state index contributed by atoms with van der Waals surface area (Å²) in [4.78, 5) is 23.9. The SMILES string of the molecule is CC(C)(C)O.Cc1cc2c(c(-c3cc(F)c4c(c3C)CCCO4)c1CC(=O)O)CCN2C.Cc1ccc(C=O)cc1Cl. The van der Waals surface area contributed by atoms with Gasteiger partial charge in [0.1, 0.15) is 6.29 Å². The van der Waals surface area contributed by atoms with Crippen LogP contribution in [-0.4, -0.2) is 48.3 Å². The number of likely N-dealkylation sites (N-methyl/N-ethyl adjacent to an activating group) is 1. The van der Waals surface area contributed by atoms with Gasteiger partial charge in [0.2, 0.25) is 0 Å². The molecule has 0 saturated heterocycles. The van der Waals surface area contributed by atoms with Gasteiger partial charge in [0, 0.05) is 35.4 Å². The van der Waals surface area contributed by atoms with E-state index in [9.17, 15) is 19.1 Å². The molecule has 2 N–H and O–H groups in total. The summed E-state index contributed by atoms with van der Waals surface area (Å²) in [5, 5.41) is 18.6. The quantitative estimate of drug-likeness (QED) is 0.307. The Morgan fingerprint density at radius 3 is 2.36 bits per heavy atom. The van der Waals surface area contributed by atoms with Crippen LogP contribution in [0.4, 0.5) is 10.1 Å². The van der Waals surface area contributed by atoms with E-state index in [0.717, 1.165) is 82.3 Å². The van der Waals surface area contributed by atoms with Gasteiger partial charge in [0.05, 0.1) is 18.6 Å². The van der Waals surface area contributed by atoms with Crippen molar-refractivity contribution < 1.29 is 28.9 Å². The molecule has 0 radical (unpaired) electrons. The van der Waals surface area contributed by atoms with E-state index in [0.29, 0.717) is 22.9 Å². The molecule has 0 amide bonds. The Labute approximate surface area is 253 Å². The largest absolute Gasteiger partial charge is 0.490 e. The fourth-order valence-corrected chi connectivity index (χ4v) is 5.37. The number of hydrogen-bond donors (Lipinski definition) is 2. The molecular formula is C34H41ClFNO5. The predicted molar refractivity (Wildman–Crippen MR) is 167 cm³/mol. The summed E-state index contributed by atoms with van der Waals surface area (Å²) >= 11 is 5.73. The molecule has 0 fully saturated rings. The van der Waals surface area contributed by atoms with Gasteiger partial charge in [-0.25, -0.2) is 4.39 Å². The topological polar surface area (TPSA) is 87.1 Å². The Kier molecular flexibility index (Phi) is 10.8. The Bertz CT molecular complexity index is 1470. The van der Waals surface area contributed by atoms with E-state index >= 15 is 0 Å². The molecule has 8 heteroatoms. The third-order valence-electron chi connectivity index (χ3n) is 7.22. The molecule has 5 rings (SSSR count). The van der Waals surface area contributed by atoms with Crippen molar-refractivity contribution >= 4 is 29.5 Å². The molecule has 3 aromatic rings. The van der Waals surface area contributed by atoms with Crippen molar-refractivity contribution in [1.29, 1.82) is 0 Å². The smallest absolute Gasteiger partial charge is 0.307 e. The van der Waals surface area contributed by atoms with Crippen LogP contribution in [0.25, 0.3) is 11.1 Å². The van der Waals surface area contributed by atoms with E-state index in [1.807, 2.05) is 33.9 Å². The Morgan fingerprint density at radius 2 is 1.76 bits per heavy atom. The van der Waals surface area contributed by atoms with Crippen molar-refractivity contribution in [3.8, 4) is 16.9 Å². The highest BCUT2D eigenvalue weighted by Crippen LogP contribution is 2.44. The standard InChI is InChI=1S/C22H24FNO3.C8H7ClO.C4H10O/c1-12-9-19-15(6-7-24(19)3)21(16(12)11-20(25)26)17-10-18(23)22-14(13(17)2)5-4-8-27-22;1-6-2-3-7(5-10)4-8(6)9;1-4(2,3)5/h9-10H,4-8,11H2,1-3H3,(H,25,26);2-5H,1H3;5H,1-3H3. The normalized spacial score (nSPS) is 13.5. The number of fused-ring (bicyclic) bond motifs is 2. The number of benzene rings is 3. The maximum Gasteiger partial charge on any atom is 0.307 e. The molecule has 42 heavy (non-hydrogen) atoms. The summed E-state index contributed by atoms with van der Waals surface area (Å²) < 4.78 is 20.4. The summed E-state index contributed by atoms with van der Waals surface area (Å²) in [6.07, 6.45) is 3.21. The number of carbonyl (C=O) groups is 2. The second-order valence-electron chi connectivity index (χ2n) is 11.9. The second-order valence-corrected chi connectivity index (χ2v) is 12.3. The first kappa shape index (κ1) is 33.1. The molecular weight excluding hydrogens is 557 g/mol. The van der Waals surface area contributed by atoms with E-state index in [1.54, 1.807) is 32.9 Å². The van der Waals surface area contributed by atoms with Crippen LogP contribution in [0.5, 0.6) is 5.75 Å². The average molecular weight is 598 g/mol. The zero-order chi connectivity index (χ0) is 31.4. The van der Waals surface area contributed by atoms with Crippen LogP contribution in [0.1, 0.15) is 70.9 Å². The highest BCUT2D eigenvalue weighted by molar-refractivity contribution is 6.31. The van der Waals surface area contributed by atoms with Gasteiger partial charge in [-0.3, -0.25) is 9.59 Å². The number of aryl methyl sites for hydroxylation is 2. The van der Waals surface area contributed by atoms with Gasteiger partial charge < -0.3 is 19.8 Å². The van der Waals surface area contributed by atoms with Crippen LogP contribution in [0, 0.1) is 26.6 Å². The van der Waals surface area contributed by atoms with Gasteiger partial charge in [-0.2, -0.15) is 0 Å². The lowest BCUT2D eigenvalue weighted by atomic mass is 9.84. The number of hydrogen-bond acceptors (Lipinski definition) is 5. The number of aliphatic hydroxyl groups is 1. The first-order chi connectivity index (χ1) is 19.6. The van der Waals surface area contributed by atoms with Gasteiger partial charge in [-0.05, 0) is 118 Å². The van der Waals surface area contributed by atoms with Crippen LogP contribution >= 0.6 is 11.6 Å². The van der Waals surface area contributed by atoms with Crippen molar-refractivity contribution in [2.24, 2.45) is 0 Å². The van der Waals surface area contributed by atoms with Gasteiger partial charge in [0.25, 0.3) is 0 Å². The van der Waals surface area contributed by atoms with Gasteiger partial charge in [-0.1, -0.05) is 23.7 Å². The number of halogens is 2. The summed E-state index contributed by atoms with van der Waals surface area (Å²) in [6.45, 7) is 12.5. The second kappa shape index (κ2) is 13.7. The first-order valence-electron chi connectivity index (χ1n) is 14.1. The number of ether oxygens (including phenoxy) is 1. The molecule has 2 aliphatic heterocycles. The highest BCUT2D eigenvalue weighted by Gasteiger charge is 2.28. The lowest BCUT2D eigenvalue weighted by Crippen LogP contribution is -2.14. The van der Waals surface area contributed by atoms with E-state index in [1.165, 1.54) is 6.07 Å². The fraction of sp³-hybridized carbons (Fsp3) is 0.412. The van der Waals surface area contributed by atoms with Crippen LogP contribution in [0.2, 0.25) is 5.02 Å². The summed E-state index contributed by atoms with van der Waals surface area (Å²) in [5.74, 6) is -0.859. The lowest BCUT2D eigenvalue weighted by molar-refractivity contribution is -0.136. The van der Waals surface area contributed by atoms with Crippen LogP contribution in [0.3, 0.4) is 0 Å². The fourth-order valence-electron chi connectivity index (χ4n) is 5.18. The molecule has 0 spiro atoms. The number of carbonyl (C=O) groups excluding carboxylic acids is 1. The maximum absolute atomic E-state index is 14.9. The molecule has 0 aliphatic carbocycles. The molecule has 2 aliphatic rings. The molecule has 0 aromatic heterocycles. The molecule has 0 saturated carbocycles. The zero-order valence-corrected chi connectivity index (χ0v) is 26.3. The Balaban J connectivity index is 0.000000266. The third-order valence-corrected chi connectivity index (χ3v) is 7.62. The molecule has 0 unspecified atom stereocenters. The monoisotopic (exact) mass is 597 g/mol. The summed E-state index contributed by atoms with van der Waals surface area (Å²) in [6, 6.07) is 8.83. The van der Waals surface area contributed by atoms with Crippen molar-refractivity contribution in [3.05, 3.63) is 80.1 Å². The van der Waals surface area contributed by atoms with Gasteiger partial charge >= 0.3 is 5.97 Å². The molecule has 6 nitrogen and oxygen atoms in total. The Morgan fingerprint density at radius 1 is 1.10 bits per heavy atom. The molecule has 3 aromatic carbocycles. The minimum Gasteiger partial charge on any atom is -0.490 e. The van der Waals surface area contributed by atoms with E-state index < -0.39 is 11.6 Å². The molecule has 0 atom stereocenters. The van der Waals surface area contributed by atoms with Crippen molar-refractivity contribution in [2.75, 3.05) is 25.1 Å². The van der Waals surface area contributed by atoms with Crippen LogP contribution in [-0.2, 0) is 24.1 Å².